The lowest BCUT2D eigenvalue weighted by Gasteiger charge is -2.15. The van der Waals surface area contributed by atoms with Gasteiger partial charge in [-0.25, -0.2) is 4.98 Å². The normalized spacial score (nSPS) is 12.3. The maximum absolute atomic E-state index is 6.17. The van der Waals surface area contributed by atoms with Gasteiger partial charge < -0.3 is 10.5 Å². The van der Waals surface area contributed by atoms with Gasteiger partial charge in [-0.1, -0.05) is 46.9 Å². The van der Waals surface area contributed by atoms with E-state index >= 15 is 0 Å². The number of methoxy groups -OCH3 is 1. The number of halogens is 2. The third kappa shape index (κ3) is 2.92. The molecule has 0 saturated carbocycles. The Bertz CT molecular complexity index is 838. The molecule has 0 aliphatic carbocycles. The Hall–Kier alpha value is -1.34. The van der Waals surface area contributed by atoms with Gasteiger partial charge in [0, 0.05) is 10.9 Å². The summed E-state index contributed by atoms with van der Waals surface area (Å²) in [5.74, 6) is 1.39. The van der Waals surface area contributed by atoms with Crippen molar-refractivity contribution < 1.29 is 4.74 Å². The first kappa shape index (κ1) is 15.6. The number of ether oxygens (including phenoxy) is 1. The molecule has 0 amide bonds. The molecule has 1 unspecified atom stereocenters. The summed E-state index contributed by atoms with van der Waals surface area (Å²) in [6.07, 6.45) is 0. The lowest BCUT2D eigenvalue weighted by molar-refractivity contribution is 0.412. The van der Waals surface area contributed by atoms with Crippen molar-refractivity contribution >= 4 is 55.2 Å². The van der Waals surface area contributed by atoms with Gasteiger partial charge in [0.25, 0.3) is 0 Å². The Morgan fingerprint density at radius 2 is 1.95 bits per heavy atom. The summed E-state index contributed by atoms with van der Waals surface area (Å²) < 4.78 is 6.33. The smallest absolute Gasteiger partial charge is 0.133 e. The van der Waals surface area contributed by atoms with Crippen molar-refractivity contribution in [2.45, 2.75) is 3.92 Å². The number of hydrogen-bond donors (Lipinski definition) is 1. The summed E-state index contributed by atoms with van der Waals surface area (Å²) in [7, 11) is 1.66. The Labute approximate surface area is 151 Å². The van der Waals surface area contributed by atoms with Gasteiger partial charge in [0.15, 0.2) is 0 Å². The molecule has 3 nitrogen and oxygen atoms in total. The van der Waals surface area contributed by atoms with Crippen LogP contribution in [0.15, 0.2) is 53.0 Å². The highest BCUT2D eigenvalue weighted by Crippen LogP contribution is 2.38. The highest BCUT2D eigenvalue weighted by Gasteiger charge is 2.16. The van der Waals surface area contributed by atoms with Gasteiger partial charge in [0.1, 0.15) is 11.6 Å². The van der Waals surface area contributed by atoms with Gasteiger partial charge in [0.2, 0.25) is 0 Å². The van der Waals surface area contributed by atoms with E-state index in [0.717, 1.165) is 32.3 Å². The molecule has 1 atom stereocenters. The first-order valence-electron chi connectivity index (χ1n) is 6.73. The van der Waals surface area contributed by atoms with Crippen molar-refractivity contribution in [1.82, 2.24) is 4.98 Å². The van der Waals surface area contributed by atoms with Gasteiger partial charge >= 0.3 is 0 Å². The number of pyridine rings is 1. The number of anilines is 1. The van der Waals surface area contributed by atoms with Crippen LogP contribution in [0, 0.1) is 0 Å². The zero-order valence-electron chi connectivity index (χ0n) is 11.9. The minimum absolute atomic E-state index is 0.122. The molecule has 0 bridgehead atoms. The summed E-state index contributed by atoms with van der Waals surface area (Å²) in [6, 6.07) is 16.2. The molecule has 2 N–H and O–H groups in total. The number of nitrogen functional groups attached to an aromatic ring is 1. The molecule has 0 aliphatic rings. The van der Waals surface area contributed by atoms with Crippen LogP contribution in [0.1, 0.15) is 15.1 Å². The second kappa shape index (κ2) is 6.42. The summed E-state index contributed by atoms with van der Waals surface area (Å²) in [6.45, 7) is 0. The van der Waals surface area contributed by atoms with E-state index in [4.69, 9.17) is 10.5 Å². The van der Waals surface area contributed by atoms with Crippen LogP contribution >= 0.6 is 38.5 Å². The van der Waals surface area contributed by atoms with E-state index in [9.17, 15) is 0 Å². The maximum atomic E-state index is 6.17. The van der Waals surface area contributed by atoms with E-state index in [-0.39, 0.29) is 3.92 Å². The number of alkyl halides is 1. The van der Waals surface area contributed by atoms with Crippen molar-refractivity contribution in [2.24, 2.45) is 0 Å². The summed E-state index contributed by atoms with van der Waals surface area (Å²) in [5.41, 5.74) is 9.26. The molecule has 1 aromatic heterocycles. The molecule has 3 aromatic rings. The molecule has 0 saturated heterocycles. The molecule has 1 heterocycles. The average Bonchev–Trinajstić information content (AvgIpc) is 2.53. The molecule has 0 spiro atoms. The van der Waals surface area contributed by atoms with Crippen molar-refractivity contribution in [1.29, 1.82) is 0 Å². The zero-order chi connectivity index (χ0) is 15.7. The third-order valence-corrected chi connectivity index (χ3v) is 5.54. The number of nitrogens with zero attached hydrogens (tertiary/aromatic N) is 1. The Morgan fingerprint density at radius 3 is 2.68 bits per heavy atom. The lowest BCUT2D eigenvalue weighted by atomic mass is 10.0. The van der Waals surface area contributed by atoms with E-state index in [1.54, 1.807) is 7.11 Å². The fraction of sp³-hybridized carbons (Fsp3) is 0.118. The molecular formula is C17H14BrIN2O. The minimum Gasteiger partial charge on any atom is -0.496 e. The number of aromatic nitrogens is 1. The van der Waals surface area contributed by atoms with E-state index in [1.165, 1.54) is 0 Å². The van der Waals surface area contributed by atoms with Crippen LogP contribution in [0.25, 0.3) is 10.9 Å². The Balaban J connectivity index is 2.06. The van der Waals surface area contributed by atoms with Crippen molar-refractivity contribution in [2.75, 3.05) is 12.8 Å². The van der Waals surface area contributed by atoms with Gasteiger partial charge in [-0.15, -0.1) is 0 Å². The predicted molar refractivity (Wildman–Crippen MR) is 103 cm³/mol. The maximum Gasteiger partial charge on any atom is 0.133 e. The Morgan fingerprint density at radius 1 is 1.18 bits per heavy atom. The predicted octanol–water partition coefficient (Wildman–Crippen LogP) is 5.11. The summed E-state index contributed by atoms with van der Waals surface area (Å²) in [4.78, 5) is 4.51. The largest absolute Gasteiger partial charge is 0.496 e. The van der Waals surface area contributed by atoms with Gasteiger partial charge in [0.05, 0.1) is 21.0 Å². The molecule has 0 fully saturated rings. The van der Waals surface area contributed by atoms with Crippen molar-refractivity contribution in [3.63, 3.8) is 0 Å². The number of benzene rings is 2. The van der Waals surface area contributed by atoms with E-state index in [0.29, 0.717) is 5.82 Å². The molecule has 0 aliphatic heterocycles. The van der Waals surface area contributed by atoms with Crippen LogP contribution in [-0.2, 0) is 0 Å². The van der Waals surface area contributed by atoms with Crippen LogP contribution in [-0.4, -0.2) is 12.1 Å². The fourth-order valence-electron chi connectivity index (χ4n) is 2.37. The lowest BCUT2D eigenvalue weighted by Crippen LogP contribution is -2.02. The van der Waals surface area contributed by atoms with Gasteiger partial charge in [-0.2, -0.15) is 0 Å². The van der Waals surface area contributed by atoms with E-state index in [1.807, 2.05) is 24.3 Å². The quantitative estimate of drug-likeness (QED) is 0.429. The molecule has 22 heavy (non-hydrogen) atoms. The van der Waals surface area contributed by atoms with Gasteiger partial charge in [-0.3, -0.25) is 0 Å². The number of para-hydroxylation sites is 1. The van der Waals surface area contributed by atoms with E-state index < -0.39 is 0 Å². The van der Waals surface area contributed by atoms with Crippen molar-refractivity contribution in [3.05, 3.63) is 64.1 Å². The third-order valence-electron chi connectivity index (χ3n) is 3.53. The molecule has 2 aromatic carbocycles. The van der Waals surface area contributed by atoms with E-state index in [2.05, 4.69) is 67.8 Å². The van der Waals surface area contributed by atoms with Gasteiger partial charge in [-0.05, 0) is 45.8 Å². The van der Waals surface area contributed by atoms with Crippen molar-refractivity contribution in [3.8, 4) is 5.75 Å². The van der Waals surface area contributed by atoms with Crippen LogP contribution in [0.4, 0.5) is 5.82 Å². The second-order valence-electron chi connectivity index (χ2n) is 4.91. The summed E-state index contributed by atoms with van der Waals surface area (Å²) in [5, 5.41) is 1.10. The monoisotopic (exact) mass is 468 g/mol. The number of fused-ring (bicyclic) bond motifs is 1. The Kier molecular flexibility index (Phi) is 4.54. The van der Waals surface area contributed by atoms with Crippen LogP contribution in [0.2, 0.25) is 0 Å². The fourth-order valence-corrected chi connectivity index (χ4v) is 3.81. The first-order valence-corrected chi connectivity index (χ1v) is 8.76. The second-order valence-corrected chi connectivity index (χ2v) is 7.01. The van der Waals surface area contributed by atoms with Crippen LogP contribution in [0.5, 0.6) is 5.75 Å². The minimum atomic E-state index is 0.122. The highest BCUT2D eigenvalue weighted by molar-refractivity contribution is 14.1. The highest BCUT2D eigenvalue weighted by atomic mass is 127. The molecule has 0 radical (unpaired) electrons. The van der Waals surface area contributed by atoms with Crippen LogP contribution < -0.4 is 10.5 Å². The molecular weight excluding hydrogens is 455 g/mol. The zero-order valence-corrected chi connectivity index (χ0v) is 15.6. The number of rotatable bonds is 3. The number of nitrogens with two attached hydrogens (primary N) is 1. The van der Waals surface area contributed by atoms with Crippen LogP contribution in [0.3, 0.4) is 0 Å². The molecule has 5 heteroatoms. The average molecular weight is 469 g/mol. The molecule has 3 rings (SSSR count). The first-order chi connectivity index (χ1) is 10.6. The molecule has 112 valence electrons. The topological polar surface area (TPSA) is 48.1 Å². The SMILES string of the molecule is COc1ccc(C(I)c2cc3ccccc3nc2N)cc1Br. The summed E-state index contributed by atoms with van der Waals surface area (Å²) >= 11 is 5.92. The standard InChI is InChI=1S/C17H14BrIN2O/c1-22-15-7-6-11(9-13(15)18)16(19)12-8-10-4-2-3-5-14(10)21-17(12)20/h2-9,16H,1H3,(H2,20,21). The number of hydrogen-bond acceptors (Lipinski definition) is 3.